The van der Waals surface area contributed by atoms with Gasteiger partial charge in [0.15, 0.2) is 0 Å². The van der Waals surface area contributed by atoms with Crippen LogP contribution in [0.15, 0.2) is 24.3 Å². The molecule has 1 N–H and O–H groups in total. The first-order chi connectivity index (χ1) is 10.1. The summed E-state index contributed by atoms with van der Waals surface area (Å²) >= 11 is 0. The van der Waals surface area contributed by atoms with Crippen LogP contribution in [0.2, 0.25) is 0 Å². The van der Waals surface area contributed by atoms with Crippen molar-refractivity contribution in [3.05, 3.63) is 24.3 Å². The fraction of sp³-hybridized carbons (Fsp3) is 0.684. The van der Waals surface area contributed by atoms with Crippen molar-refractivity contribution in [2.75, 3.05) is 11.9 Å². The van der Waals surface area contributed by atoms with Gasteiger partial charge in [-0.05, 0) is 49.1 Å². The molecule has 1 saturated carbocycles. The summed E-state index contributed by atoms with van der Waals surface area (Å²) in [5, 5.41) is 3.78. The van der Waals surface area contributed by atoms with Crippen molar-refractivity contribution in [2.24, 2.45) is 17.8 Å². The molecular weight excluding hydrogens is 258 g/mol. The van der Waals surface area contributed by atoms with Crippen LogP contribution in [0.3, 0.4) is 0 Å². The molecule has 118 valence electrons. The standard InChI is InChI=1S/C19H31NO/c1-5-11-21-17-8-6-7-16(13-17)20-19-12-15(4)9-10-18(19)14(2)3/h6-8,13-15,18-20H,5,9-12H2,1-4H3. The summed E-state index contributed by atoms with van der Waals surface area (Å²) in [4.78, 5) is 0. The molecule has 0 aromatic heterocycles. The minimum absolute atomic E-state index is 0.593. The van der Waals surface area contributed by atoms with E-state index in [9.17, 15) is 0 Å². The van der Waals surface area contributed by atoms with E-state index in [2.05, 4.69) is 51.2 Å². The van der Waals surface area contributed by atoms with E-state index >= 15 is 0 Å². The Hall–Kier alpha value is -1.18. The zero-order chi connectivity index (χ0) is 15.2. The lowest BCUT2D eigenvalue weighted by Gasteiger charge is -2.38. The molecule has 2 nitrogen and oxygen atoms in total. The van der Waals surface area contributed by atoms with Gasteiger partial charge in [0, 0.05) is 17.8 Å². The van der Waals surface area contributed by atoms with Crippen molar-refractivity contribution in [3.8, 4) is 5.75 Å². The van der Waals surface area contributed by atoms with Crippen LogP contribution in [0.4, 0.5) is 5.69 Å². The maximum Gasteiger partial charge on any atom is 0.121 e. The zero-order valence-corrected chi connectivity index (χ0v) is 14.1. The average molecular weight is 289 g/mol. The smallest absolute Gasteiger partial charge is 0.121 e. The topological polar surface area (TPSA) is 21.3 Å². The zero-order valence-electron chi connectivity index (χ0n) is 14.1. The van der Waals surface area contributed by atoms with Crippen molar-refractivity contribution in [3.63, 3.8) is 0 Å². The first-order valence-electron chi connectivity index (χ1n) is 8.59. The van der Waals surface area contributed by atoms with E-state index in [-0.39, 0.29) is 0 Å². The predicted octanol–water partition coefficient (Wildman–Crippen LogP) is 5.35. The first kappa shape index (κ1) is 16.2. The molecule has 1 aromatic rings. The summed E-state index contributed by atoms with van der Waals surface area (Å²) in [7, 11) is 0. The van der Waals surface area contributed by atoms with Crippen molar-refractivity contribution in [1.82, 2.24) is 0 Å². The van der Waals surface area contributed by atoms with E-state index in [1.807, 2.05) is 6.07 Å². The Labute approximate surface area is 130 Å². The third-order valence-electron chi connectivity index (χ3n) is 4.68. The molecule has 0 saturated heterocycles. The highest BCUT2D eigenvalue weighted by atomic mass is 16.5. The SMILES string of the molecule is CCCOc1cccc(NC2CC(C)CCC2C(C)C)c1. The van der Waals surface area contributed by atoms with Gasteiger partial charge in [-0.25, -0.2) is 0 Å². The van der Waals surface area contributed by atoms with Crippen molar-refractivity contribution in [1.29, 1.82) is 0 Å². The van der Waals surface area contributed by atoms with Gasteiger partial charge in [0.05, 0.1) is 6.61 Å². The minimum atomic E-state index is 0.593. The molecule has 2 rings (SSSR count). The summed E-state index contributed by atoms with van der Waals surface area (Å²) in [6, 6.07) is 9.03. The van der Waals surface area contributed by atoms with Gasteiger partial charge < -0.3 is 10.1 Å². The van der Waals surface area contributed by atoms with Crippen LogP contribution in [0.5, 0.6) is 5.75 Å². The highest BCUT2D eigenvalue weighted by Gasteiger charge is 2.30. The molecular formula is C19H31NO. The van der Waals surface area contributed by atoms with Crippen LogP contribution in [0.25, 0.3) is 0 Å². The molecule has 0 aliphatic heterocycles. The normalized spacial score (nSPS) is 25.9. The minimum Gasteiger partial charge on any atom is -0.494 e. The van der Waals surface area contributed by atoms with Gasteiger partial charge in [0.25, 0.3) is 0 Å². The van der Waals surface area contributed by atoms with E-state index in [4.69, 9.17) is 4.74 Å². The van der Waals surface area contributed by atoms with Gasteiger partial charge in [0.1, 0.15) is 5.75 Å². The summed E-state index contributed by atoms with van der Waals surface area (Å²) in [6.45, 7) is 10.0. The van der Waals surface area contributed by atoms with E-state index in [1.165, 1.54) is 24.9 Å². The van der Waals surface area contributed by atoms with Crippen LogP contribution < -0.4 is 10.1 Å². The summed E-state index contributed by atoms with van der Waals surface area (Å²) < 4.78 is 5.74. The predicted molar refractivity (Wildman–Crippen MR) is 91.0 cm³/mol. The quantitative estimate of drug-likeness (QED) is 0.762. The fourth-order valence-corrected chi connectivity index (χ4v) is 3.48. The van der Waals surface area contributed by atoms with E-state index in [1.54, 1.807) is 0 Å². The third-order valence-corrected chi connectivity index (χ3v) is 4.68. The van der Waals surface area contributed by atoms with Gasteiger partial charge in [-0.2, -0.15) is 0 Å². The highest BCUT2D eigenvalue weighted by molar-refractivity contribution is 5.49. The maximum atomic E-state index is 5.74. The molecule has 3 atom stereocenters. The second kappa shape index (κ2) is 7.72. The Morgan fingerprint density at radius 2 is 2.10 bits per heavy atom. The molecule has 3 unspecified atom stereocenters. The molecule has 0 heterocycles. The van der Waals surface area contributed by atoms with Crippen molar-refractivity contribution in [2.45, 2.75) is 59.4 Å². The number of rotatable bonds is 6. The summed E-state index contributed by atoms with van der Waals surface area (Å²) in [6.07, 6.45) is 5.05. The lowest BCUT2D eigenvalue weighted by molar-refractivity contribution is 0.212. The molecule has 1 fully saturated rings. The van der Waals surface area contributed by atoms with Crippen LogP contribution in [0.1, 0.15) is 53.4 Å². The Kier molecular flexibility index (Phi) is 5.96. The number of anilines is 1. The monoisotopic (exact) mass is 289 g/mol. The van der Waals surface area contributed by atoms with Crippen molar-refractivity contribution >= 4 is 5.69 Å². The van der Waals surface area contributed by atoms with Crippen LogP contribution in [-0.4, -0.2) is 12.6 Å². The molecule has 21 heavy (non-hydrogen) atoms. The van der Waals surface area contributed by atoms with E-state index in [0.717, 1.165) is 36.5 Å². The number of benzene rings is 1. The lowest BCUT2D eigenvalue weighted by atomic mass is 9.74. The van der Waals surface area contributed by atoms with Crippen LogP contribution >= 0.6 is 0 Å². The Morgan fingerprint density at radius 1 is 1.29 bits per heavy atom. The fourth-order valence-electron chi connectivity index (χ4n) is 3.48. The summed E-state index contributed by atoms with van der Waals surface area (Å²) in [5.41, 5.74) is 1.20. The van der Waals surface area contributed by atoms with Gasteiger partial charge in [-0.3, -0.25) is 0 Å². The summed E-state index contributed by atoms with van der Waals surface area (Å²) in [5.74, 6) is 3.33. The average Bonchev–Trinajstić information content (AvgIpc) is 2.45. The Balaban J connectivity index is 2.04. The molecule has 0 spiro atoms. The van der Waals surface area contributed by atoms with Crippen LogP contribution in [-0.2, 0) is 0 Å². The molecule has 0 radical (unpaired) electrons. The molecule has 1 aromatic carbocycles. The highest BCUT2D eigenvalue weighted by Crippen LogP contribution is 2.35. The largest absolute Gasteiger partial charge is 0.494 e. The number of nitrogens with one attached hydrogen (secondary N) is 1. The Morgan fingerprint density at radius 3 is 2.81 bits per heavy atom. The second-order valence-corrected chi connectivity index (χ2v) is 6.95. The molecule has 1 aliphatic rings. The van der Waals surface area contributed by atoms with Gasteiger partial charge in [-0.1, -0.05) is 40.2 Å². The lowest BCUT2D eigenvalue weighted by Crippen LogP contribution is -2.37. The number of ether oxygens (including phenoxy) is 1. The molecule has 0 bridgehead atoms. The first-order valence-corrected chi connectivity index (χ1v) is 8.59. The van der Waals surface area contributed by atoms with E-state index < -0.39 is 0 Å². The van der Waals surface area contributed by atoms with E-state index in [0.29, 0.717) is 6.04 Å². The molecule has 1 aliphatic carbocycles. The van der Waals surface area contributed by atoms with Crippen molar-refractivity contribution < 1.29 is 4.74 Å². The second-order valence-electron chi connectivity index (χ2n) is 6.95. The molecule has 2 heteroatoms. The number of hydrogen-bond donors (Lipinski definition) is 1. The number of hydrogen-bond acceptors (Lipinski definition) is 2. The van der Waals surface area contributed by atoms with Crippen LogP contribution in [0, 0.1) is 17.8 Å². The van der Waals surface area contributed by atoms with Gasteiger partial charge in [-0.15, -0.1) is 0 Å². The van der Waals surface area contributed by atoms with Gasteiger partial charge in [0.2, 0.25) is 0 Å². The van der Waals surface area contributed by atoms with Gasteiger partial charge >= 0.3 is 0 Å². The maximum absolute atomic E-state index is 5.74. The molecule has 0 amide bonds. The third kappa shape index (κ3) is 4.66. The Bertz CT molecular complexity index is 429.